The highest BCUT2D eigenvalue weighted by atomic mass is 35.5. The molecule has 0 spiro atoms. The molecule has 0 aliphatic carbocycles. The van der Waals surface area contributed by atoms with E-state index in [1.54, 1.807) is 17.0 Å². The zero-order valence-corrected chi connectivity index (χ0v) is 16.4. The van der Waals surface area contributed by atoms with Crippen LogP contribution in [0.25, 0.3) is 0 Å². The third-order valence-corrected chi connectivity index (χ3v) is 5.47. The van der Waals surface area contributed by atoms with Gasteiger partial charge in [0, 0.05) is 44.8 Å². The Hall–Kier alpha value is -1.66. The van der Waals surface area contributed by atoms with Gasteiger partial charge in [-0.2, -0.15) is 0 Å². The van der Waals surface area contributed by atoms with Gasteiger partial charge in [0.15, 0.2) is 5.75 Å². The second-order valence-corrected chi connectivity index (χ2v) is 7.40. The first kappa shape index (κ1) is 19.1. The van der Waals surface area contributed by atoms with Crippen LogP contribution in [0.2, 0.25) is 10.0 Å². The number of hydrogen-bond donors (Lipinski definition) is 0. The molecule has 2 saturated heterocycles. The van der Waals surface area contributed by atoms with Crippen LogP contribution in [0, 0.1) is 0 Å². The molecule has 0 radical (unpaired) electrons. The Morgan fingerprint density at radius 3 is 1.88 bits per heavy atom. The number of urea groups is 1. The third kappa shape index (κ3) is 4.01. The van der Waals surface area contributed by atoms with Gasteiger partial charge in [0.25, 0.3) is 5.91 Å². The molecule has 2 fully saturated rings. The van der Waals surface area contributed by atoms with Crippen molar-refractivity contribution in [2.24, 2.45) is 0 Å². The van der Waals surface area contributed by atoms with Crippen molar-refractivity contribution >= 4 is 35.1 Å². The fourth-order valence-corrected chi connectivity index (χ4v) is 4.09. The van der Waals surface area contributed by atoms with Gasteiger partial charge in [-0.25, -0.2) is 4.79 Å². The average molecular weight is 400 g/mol. The van der Waals surface area contributed by atoms with Crippen LogP contribution >= 0.6 is 23.2 Å². The lowest BCUT2D eigenvalue weighted by Gasteiger charge is -2.38. The van der Waals surface area contributed by atoms with E-state index >= 15 is 0 Å². The van der Waals surface area contributed by atoms with Crippen molar-refractivity contribution in [2.45, 2.75) is 19.3 Å². The zero-order chi connectivity index (χ0) is 18.7. The summed E-state index contributed by atoms with van der Waals surface area (Å²) in [5.41, 5.74) is 0.427. The molecule has 0 bridgehead atoms. The van der Waals surface area contributed by atoms with Gasteiger partial charge in [0.2, 0.25) is 0 Å². The maximum Gasteiger partial charge on any atom is 0.320 e. The van der Waals surface area contributed by atoms with Crippen LogP contribution in [0.1, 0.15) is 29.6 Å². The van der Waals surface area contributed by atoms with Crippen molar-refractivity contribution in [3.8, 4) is 5.75 Å². The second-order valence-electron chi connectivity index (χ2n) is 6.58. The number of hydrogen-bond acceptors (Lipinski definition) is 3. The maximum atomic E-state index is 12.7. The van der Waals surface area contributed by atoms with Crippen molar-refractivity contribution in [1.29, 1.82) is 0 Å². The Morgan fingerprint density at radius 1 is 0.846 bits per heavy atom. The van der Waals surface area contributed by atoms with E-state index in [0.717, 1.165) is 25.9 Å². The first-order valence-electron chi connectivity index (χ1n) is 8.87. The van der Waals surface area contributed by atoms with E-state index in [1.165, 1.54) is 13.5 Å². The van der Waals surface area contributed by atoms with Crippen molar-refractivity contribution in [1.82, 2.24) is 14.7 Å². The van der Waals surface area contributed by atoms with Crippen molar-refractivity contribution < 1.29 is 14.3 Å². The molecule has 0 unspecified atom stereocenters. The first-order chi connectivity index (χ1) is 12.5. The van der Waals surface area contributed by atoms with Gasteiger partial charge in [-0.1, -0.05) is 23.2 Å². The highest BCUT2D eigenvalue weighted by Gasteiger charge is 2.28. The normalized spacial score (nSPS) is 18.0. The second kappa shape index (κ2) is 8.35. The molecule has 2 aliphatic rings. The van der Waals surface area contributed by atoms with E-state index in [1.807, 2.05) is 9.80 Å². The Balaban J connectivity index is 1.61. The summed E-state index contributed by atoms with van der Waals surface area (Å²) in [4.78, 5) is 30.8. The molecule has 142 valence electrons. The monoisotopic (exact) mass is 399 g/mol. The number of benzene rings is 1. The van der Waals surface area contributed by atoms with Crippen LogP contribution in [0.3, 0.4) is 0 Å². The lowest BCUT2D eigenvalue weighted by atomic mass is 10.1. The molecule has 2 heterocycles. The zero-order valence-electron chi connectivity index (χ0n) is 14.8. The summed E-state index contributed by atoms with van der Waals surface area (Å²) in [6.45, 7) is 3.75. The predicted octanol–water partition coefficient (Wildman–Crippen LogP) is 3.37. The van der Waals surface area contributed by atoms with Crippen molar-refractivity contribution in [3.05, 3.63) is 27.7 Å². The number of nitrogens with zero attached hydrogens (tertiary/aromatic N) is 3. The van der Waals surface area contributed by atoms with Crippen LogP contribution in [-0.4, -0.2) is 73.0 Å². The summed E-state index contributed by atoms with van der Waals surface area (Å²) in [7, 11) is 1.48. The molecule has 3 amide bonds. The van der Waals surface area contributed by atoms with Crippen LogP contribution in [-0.2, 0) is 0 Å². The molecule has 1 aromatic carbocycles. The predicted molar refractivity (Wildman–Crippen MR) is 101 cm³/mol. The number of piperidine rings is 1. The number of carbonyl (C=O) groups is 2. The Labute approximate surface area is 163 Å². The largest absolute Gasteiger partial charge is 0.494 e. The standard InChI is InChI=1S/C18H23Cl2N3O3/c1-26-16-14(19)11-13(12-15(16)20)17(24)21-7-9-23(10-8-21)18(25)22-5-3-2-4-6-22/h11-12H,2-10H2,1H3. The highest BCUT2D eigenvalue weighted by molar-refractivity contribution is 6.37. The van der Waals surface area contributed by atoms with E-state index in [9.17, 15) is 9.59 Å². The summed E-state index contributed by atoms with van der Waals surface area (Å²) in [6, 6.07) is 3.23. The number of ether oxygens (including phenoxy) is 1. The molecular weight excluding hydrogens is 377 g/mol. The van der Waals surface area contributed by atoms with Crippen LogP contribution in [0.15, 0.2) is 12.1 Å². The molecule has 1 aromatic rings. The molecule has 0 saturated carbocycles. The summed E-state index contributed by atoms with van der Waals surface area (Å²) in [5.74, 6) is 0.225. The lowest BCUT2D eigenvalue weighted by Crippen LogP contribution is -2.54. The van der Waals surface area contributed by atoms with Gasteiger partial charge >= 0.3 is 6.03 Å². The Kier molecular flexibility index (Phi) is 6.14. The third-order valence-electron chi connectivity index (χ3n) is 4.91. The van der Waals surface area contributed by atoms with Gasteiger partial charge in [-0.3, -0.25) is 4.79 Å². The molecule has 0 N–H and O–H groups in total. The SMILES string of the molecule is COc1c(Cl)cc(C(=O)N2CCN(C(=O)N3CCCCC3)CC2)cc1Cl. The van der Waals surface area contributed by atoms with E-state index in [4.69, 9.17) is 27.9 Å². The van der Waals surface area contributed by atoms with Crippen molar-refractivity contribution in [3.63, 3.8) is 0 Å². The van der Waals surface area contributed by atoms with Crippen LogP contribution in [0.5, 0.6) is 5.75 Å². The summed E-state index contributed by atoms with van der Waals surface area (Å²) >= 11 is 12.3. The van der Waals surface area contributed by atoms with Gasteiger partial charge < -0.3 is 19.4 Å². The minimum absolute atomic E-state index is 0.0901. The number of halogens is 2. The lowest BCUT2D eigenvalue weighted by molar-refractivity contribution is 0.0633. The van der Waals surface area contributed by atoms with Gasteiger partial charge in [-0.05, 0) is 31.4 Å². The summed E-state index contributed by atoms with van der Waals surface area (Å²) in [6.07, 6.45) is 3.34. The Bertz CT molecular complexity index is 661. The number of likely N-dealkylation sites (tertiary alicyclic amines) is 1. The van der Waals surface area contributed by atoms with E-state index in [0.29, 0.717) is 47.5 Å². The number of carbonyl (C=O) groups excluding carboxylic acids is 2. The number of methoxy groups -OCH3 is 1. The highest BCUT2D eigenvalue weighted by Crippen LogP contribution is 2.34. The average Bonchev–Trinajstić information content (AvgIpc) is 2.67. The van der Waals surface area contributed by atoms with E-state index in [-0.39, 0.29) is 11.9 Å². The molecule has 6 nitrogen and oxygen atoms in total. The quantitative estimate of drug-likeness (QED) is 0.765. The molecule has 0 aromatic heterocycles. The molecule has 3 rings (SSSR count). The number of rotatable bonds is 2. The maximum absolute atomic E-state index is 12.7. The van der Waals surface area contributed by atoms with E-state index < -0.39 is 0 Å². The minimum Gasteiger partial charge on any atom is -0.494 e. The van der Waals surface area contributed by atoms with Crippen LogP contribution in [0.4, 0.5) is 4.79 Å². The number of amides is 3. The molecule has 8 heteroatoms. The minimum atomic E-state index is -0.137. The fraction of sp³-hybridized carbons (Fsp3) is 0.556. The van der Waals surface area contributed by atoms with Gasteiger partial charge in [0.05, 0.1) is 17.2 Å². The molecule has 0 atom stereocenters. The first-order valence-corrected chi connectivity index (χ1v) is 9.63. The Morgan fingerprint density at radius 2 is 1.35 bits per heavy atom. The smallest absolute Gasteiger partial charge is 0.320 e. The van der Waals surface area contributed by atoms with Gasteiger partial charge in [0.1, 0.15) is 0 Å². The summed E-state index contributed by atoms with van der Waals surface area (Å²) in [5, 5.41) is 0.615. The molecule has 26 heavy (non-hydrogen) atoms. The van der Waals surface area contributed by atoms with E-state index in [2.05, 4.69) is 0 Å². The number of piperazine rings is 1. The van der Waals surface area contributed by atoms with Crippen LogP contribution < -0.4 is 4.74 Å². The topological polar surface area (TPSA) is 53.1 Å². The van der Waals surface area contributed by atoms with Crippen molar-refractivity contribution in [2.75, 3.05) is 46.4 Å². The summed E-state index contributed by atoms with van der Waals surface area (Å²) < 4.78 is 5.12. The fourth-order valence-electron chi connectivity index (χ4n) is 3.45. The molecular formula is C18H23Cl2N3O3. The molecule has 2 aliphatic heterocycles. The van der Waals surface area contributed by atoms with Gasteiger partial charge in [-0.15, -0.1) is 0 Å².